The van der Waals surface area contributed by atoms with Crippen LogP contribution in [0.25, 0.3) is 0 Å². The summed E-state index contributed by atoms with van der Waals surface area (Å²) in [6, 6.07) is 5.24. The van der Waals surface area contributed by atoms with E-state index in [2.05, 4.69) is 29.9 Å². The minimum atomic E-state index is -0.334. The summed E-state index contributed by atoms with van der Waals surface area (Å²) in [6.45, 7) is 4.63. The fraction of sp³-hybridized carbons (Fsp3) is 0.381. The molecule has 6 rings (SSSR count). The third kappa shape index (κ3) is 2.92. The molecule has 0 unspecified atom stereocenters. The van der Waals surface area contributed by atoms with E-state index in [1.807, 2.05) is 17.7 Å². The Bertz CT molecular complexity index is 1180. The lowest BCUT2D eigenvalue weighted by molar-refractivity contribution is 0.191. The van der Waals surface area contributed by atoms with Gasteiger partial charge in [-0.15, -0.1) is 0 Å². The van der Waals surface area contributed by atoms with Crippen LogP contribution < -0.4 is 9.64 Å². The van der Waals surface area contributed by atoms with Crippen LogP contribution >= 0.6 is 0 Å². The molecule has 1 saturated carbocycles. The van der Waals surface area contributed by atoms with Crippen molar-refractivity contribution in [3.8, 4) is 5.75 Å². The van der Waals surface area contributed by atoms with E-state index in [9.17, 15) is 4.39 Å². The minimum Gasteiger partial charge on any atom is -0.484 e. The summed E-state index contributed by atoms with van der Waals surface area (Å²) in [7, 11) is 0. The van der Waals surface area contributed by atoms with Gasteiger partial charge in [0, 0.05) is 18.2 Å². The molecule has 152 valence electrons. The van der Waals surface area contributed by atoms with Gasteiger partial charge in [-0.2, -0.15) is 5.10 Å². The zero-order valence-corrected chi connectivity index (χ0v) is 16.5. The first-order valence-corrected chi connectivity index (χ1v) is 10.1. The van der Waals surface area contributed by atoms with E-state index in [0.29, 0.717) is 13.1 Å². The van der Waals surface area contributed by atoms with Crippen LogP contribution in [0.3, 0.4) is 0 Å². The van der Waals surface area contributed by atoms with Crippen molar-refractivity contribution in [2.75, 3.05) is 11.4 Å². The summed E-state index contributed by atoms with van der Waals surface area (Å²) in [5.41, 5.74) is 2.95. The summed E-state index contributed by atoms with van der Waals surface area (Å²) in [5.74, 6) is 1.68. The van der Waals surface area contributed by atoms with E-state index in [1.54, 1.807) is 18.7 Å². The van der Waals surface area contributed by atoms with E-state index < -0.39 is 0 Å². The van der Waals surface area contributed by atoms with Gasteiger partial charge < -0.3 is 9.64 Å². The topological polar surface area (TPSA) is 81.3 Å². The van der Waals surface area contributed by atoms with Crippen LogP contribution in [0.15, 0.2) is 35.8 Å². The van der Waals surface area contributed by atoms with Crippen molar-refractivity contribution in [1.29, 1.82) is 0 Å². The monoisotopic (exact) mass is 405 g/mol. The van der Waals surface area contributed by atoms with Gasteiger partial charge in [0.1, 0.15) is 29.9 Å². The summed E-state index contributed by atoms with van der Waals surface area (Å²) < 4.78 is 22.3. The van der Waals surface area contributed by atoms with Crippen LogP contribution in [-0.4, -0.2) is 42.6 Å². The van der Waals surface area contributed by atoms with Crippen LogP contribution in [0.5, 0.6) is 5.75 Å². The molecule has 1 fully saturated rings. The number of hydrogen-bond acceptors (Lipinski definition) is 7. The van der Waals surface area contributed by atoms with Crippen molar-refractivity contribution in [3.63, 3.8) is 0 Å². The molecule has 1 aliphatic carbocycles. The van der Waals surface area contributed by atoms with Crippen LogP contribution in [0.2, 0.25) is 0 Å². The Morgan fingerprint density at radius 3 is 2.83 bits per heavy atom. The van der Waals surface area contributed by atoms with Crippen molar-refractivity contribution in [3.05, 3.63) is 59.3 Å². The molecule has 2 aliphatic heterocycles. The van der Waals surface area contributed by atoms with Crippen molar-refractivity contribution in [2.45, 2.75) is 45.0 Å². The van der Waals surface area contributed by atoms with Gasteiger partial charge in [0.15, 0.2) is 11.6 Å². The Hall–Kier alpha value is -3.36. The third-order valence-electron chi connectivity index (χ3n) is 5.96. The number of ether oxygens (including phenoxy) is 1. The Morgan fingerprint density at radius 2 is 1.97 bits per heavy atom. The van der Waals surface area contributed by atoms with Gasteiger partial charge in [0.2, 0.25) is 0 Å². The number of anilines is 1. The highest BCUT2D eigenvalue weighted by molar-refractivity contribution is 6.14. The molecule has 8 nitrogen and oxygen atoms in total. The number of aliphatic imine (C=N–C) groups is 1. The molecule has 0 atom stereocenters. The van der Waals surface area contributed by atoms with Crippen LogP contribution in [0.4, 0.5) is 10.2 Å². The highest BCUT2D eigenvalue weighted by Crippen LogP contribution is 2.41. The van der Waals surface area contributed by atoms with Gasteiger partial charge in [-0.3, -0.25) is 4.99 Å². The quantitative estimate of drug-likeness (QED) is 0.664. The third-order valence-corrected chi connectivity index (χ3v) is 5.96. The van der Waals surface area contributed by atoms with Crippen LogP contribution in [0.1, 0.15) is 42.4 Å². The average Bonchev–Trinajstić information content (AvgIpc) is 3.15. The van der Waals surface area contributed by atoms with E-state index in [-0.39, 0.29) is 17.2 Å². The molecule has 0 radical (unpaired) electrons. The number of benzene rings is 1. The van der Waals surface area contributed by atoms with Gasteiger partial charge in [-0.25, -0.2) is 24.0 Å². The Labute approximate surface area is 172 Å². The molecular formula is C21H20FN7O. The normalized spacial score (nSPS) is 18.6. The van der Waals surface area contributed by atoms with E-state index in [1.165, 1.54) is 6.07 Å². The second kappa shape index (κ2) is 6.32. The first-order valence-electron chi connectivity index (χ1n) is 10.1. The molecule has 0 bridgehead atoms. The fourth-order valence-corrected chi connectivity index (χ4v) is 3.94. The van der Waals surface area contributed by atoms with Gasteiger partial charge in [0.25, 0.3) is 0 Å². The van der Waals surface area contributed by atoms with E-state index >= 15 is 0 Å². The molecule has 4 heterocycles. The summed E-state index contributed by atoms with van der Waals surface area (Å²) in [5, 5.41) is 4.22. The van der Waals surface area contributed by atoms with Gasteiger partial charge in [0.05, 0.1) is 31.0 Å². The molecule has 0 amide bonds. The lowest BCUT2D eigenvalue weighted by Gasteiger charge is -2.27. The van der Waals surface area contributed by atoms with E-state index in [0.717, 1.165) is 60.1 Å². The first kappa shape index (κ1) is 17.5. The number of hydrogen-bond donors (Lipinski definition) is 0. The highest BCUT2D eigenvalue weighted by atomic mass is 19.1. The maximum atomic E-state index is 14.5. The van der Waals surface area contributed by atoms with Crippen LogP contribution in [-0.2, 0) is 19.6 Å². The molecule has 9 heteroatoms. The lowest BCUT2D eigenvalue weighted by atomic mass is 10.0. The fourth-order valence-electron chi connectivity index (χ4n) is 3.94. The van der Waals surface area contributed by atoms with Gasteiger partial charge in [-0.05, 0) is 37.5 Å². The number of nitrogens with zero attached hydrogens (tertiary/aromatic N) is 7. The molecular weight excluding hydrogens is 385 g/mol. The number of halogens is 1. The summed E-state index contributed by atoms with van der Waals surface area (Å²) in [4.78, 5) is 20.0. The predicted octanol–water partition coefficient (Wildman–Crippen LogP) is 2.51. The lowest BCUT2D eigenvalue weighted by Crippen LogP contribution is -2.35. The maximum absolute atomic E-state index is 14.5. The predicted molar refractivity (Wildman–Crippen MR) is 107 cm³/mol. The standard InChI is InChI=1S/C21H20FN7O/c1-21(2-3-21)30-17-7-14-13(6-15(17)22)9-23-20(14)16-8-18(25-11-24-16)28-4-5-29-19(10-28)26-12-27-29/h6-8,11-12H,2-5,9-10H2,1H3. The number of rotatable bonds is 4. The zero-order chi connectivity index (χ0) is 20.3. The van der Waals surface area contributed by atoms with Gasteiger partial charge in [-0.1, -0.05) is 0 Å². The van der Waals surface area contributed by atoms with Crippen molar-refractivity contribution < 1.29 is 9.13 Å². The molecule has 0 spiro atoms. The molecule has 3 aliphatic rings. The van der Waals surface area contributed by atoms with Gasteiger partial charge >= 0.3 is 0 Å². The number of aromatic nitrogens is 5. The molecule has 0 saturated heterocycles. The Balaban J connectivity index is 1.31. The Morgan fingerprint density at radius 1 is 1.07 bits per heavy atom. The molecule has 3 aromatic rings. The maximum Gasteiger partial charge on any atom is 0.165 e. The van der Waals surface area contributed by atoms with Crippen molar-refractivity contribution in [2.24, 2.45) is 4.99 Å². The molecule has 1 aromatic carbocycles. The van der Waals surface area contributed by atoms with Crippen LogP contribution in [0, 0.1) is 5.82 Å². The van der Waals surface area contributed by atoms with E-state index in [4.69, 9.17) is 4.74 Å². The van der Waals surface area contributed by atoms with Crippen molar-refractivity contribution >= 4 is 11.5 Å². The largest absolute Gasteiger partial charge is 0.484 e. The summed E-state index contributed by atoms with van der Waals surface area (Å²) >= 11 is 0. The second-order valence-electron chi connectivity index (χ2n) is 8.24. The average molecular weight is 405 g/mol. The molecule has 0 N–H and O–H groups in total. The highest BCUT2D eigenvalue weighted by Gasteiger charge is 2.41. The number of fused-ring (bicyclic) bond motifs is 2. The minimum absolute atomic E-state index is 0.248. The zero-order valence-electron chi connectivity index (χ0n) is 16.5. The first-order chi connectivity index (χ1) is 14.6. The molecule has 2 aromatic heterocycles. The smallest absolute Gasteiger partial charge is 0.165 e. The second-order valence-corrected chi connectivity index (χ2v) is 8.24. The SMILES string of the molecule is CC1(Oc2cc3c(cc2F)CN=C3c2cc(N3CCn4ncnc4C3)ncn2)CC1. The summed E-state index contributed by atoms with van der Waals surface area (Å²) in [6.07, 6.45) is 5.03. The Kier molecular flexibility index (Phi) is 3.68. The molecule has 30 heavy (non-hydrogen) atoms. The van der Waals surface area contributed by atoms with Crippen molar-refractivity contribution in [1.82, 2.24) is 24.7 Å².